The van der Waals surface area contributed by atoms with Gasteiger partial charge in [0.25, 0.3) is 11.6 Å². The fourth-order valence-corrected chi connectivity index (χ4v) is 3.07. The van der Waals surface area contributed by atoms with Crippen molar-refractivity contribution in [3.63, 3.8) is 0 Å². The molecule has 0 spiro atoms. The third-order valence-electron chi connectivity index (χ3n) is 3.39. The second-order valence-electron chi connectivity index (χ2n) is 5.34. The lowest BCUT2D eigenvalue weighted by atomic mass is 10.1. The lowest BCUT2D eigenvalue weighted by Crippen LogP contribution is -2.13. The van der Waals surface area contributed by atoms with E-state index in [4.69, 9.17) is 9.26 Å². The minimum atomic E-state index is -0.350. The molecule has 0 atom stereocenters. The van der Waals surface area contributed by atoms with Crippen LogP contribution in [0, 0.1) is 13.8 Å². The molecule has 8 nitrogen and oxygen atoms in total. The average molecular weight is 360 g/mol. The molecule has 3 rings (SSSR count). The molecule has 1 amide bonds. The van der Waals surface area contributed by atoms with Crippen LogP contribution in [0.3, 0.4) is 0 Å². The summed E-state index contributed by atoms with van der Waals surface area (Å²) in [6.07, 6.45) is 0.0730. The van der Waals surface area contributed by atoms with Gasteiger partial charge in [0.15, 0.2) is 5.13 Å². The monoisotopic (exact) mass is 360 g/mol. The Morgan fingerprint density at radius 1 is 1.32 bits per heavy atom. The second-order valence-corrected chi connectivity index (χ2v) is 6.20. The molecular weight excluding hydrogens is 344 g/mol. The number of nitrogens with zero attached hydrogens (tertiary/aromatic N) is 3. The number of aromatic nitrogens is 3. The van der Waals surface area contributed by atoms with E-state index in [1.54, 1.807) is 32.2 Å². The van der Waals surface area contributed by atoms with Crippen LogP contribution in [0.4, 0.5) is 5.13 Å². The Morgan fingerprint density at radius 3 is 2.88 bits per heavy atom. The first kappa shape index (κ1) is 17.0. The lowest BCUT2D eigenvalue weighted by molar-refractivity contribution is -0.142. The van der Waals surface area contributed by atoms with Crippen molar-refractivity contribution in [2.24, 2.45) is 0 Å². The zero-order chi connectivity index (χ0) is 18.0. The number of aryl methyl sites for hydroxylation is 2. The SMILES string of the molecule is CCOC(=O)Cc1csc(NC(=O)c2cc(C)nc3onc(C)c23)n1. The number of carbonyl (C=O) groups is 2. The van der Waals surface area contributed by atoms with Crippen LogP contribution in [0.2, 0.25) is 0 Å². The van der Waals surface area contributed by atoms with E-state index in [-0.39, 0.29) is 18.3 Å². The summed E-state index contributed by atoms with van der Waals surface area (Å²) in [4.78, 5) is 32.6. The van der Waals surface area contributed by atoms with E-state index in [0.29, 0.717) is 45.5 Å². The lowest BCUT2D eigenvalue weighted by Gasteiger charge is -2.04. The summed E-state index contributed by atoms with van der Waals surface area (Å²) >= 11 is 1.24. The van der Waals surface area contributed by atoms with Crippen molar-refractivity contribution < 1.29 is 18.8 Å². The average Bonchev–Trinajstić information content (AvgIpc) is 3.13. The number of amides is 1. The molecule has 0 aliphatic heterocycles. The van der Waals surface area contributed by atoms with Crippen LogP contribution in [0.5, 0.6) is 0 Å². The Bertz CT molecular complexity index is 947. The minimum absolute atomic E-state index is 0.0730. The van der Waals surface area contributed by atoms with Crippen molar-refractivity contribution in [1.29, 1.82) is 0 Å². The Balaban J connectivity index is 1.80. The number of hydrogen-bond donors (Lipinski definition) is 1. The molecule has 0 bridgehead atoms. The van der Waals surface area contributed by atoms with Gasteiger partial charge in [-0.25, -0.2) is 9.97 Å². The quantitative estimate of drug-likeness (QED) is 0.697. The molecule has 0 aliphatic rings. The zero-order valence-corrected chi connectivity index (χ0v) is 14.8. The van der Waals surface area contributed by atoms with Crippen molar-refractivity contribution in [3.8, 4) is 0 Å². The first-order chi connectivity index (χ1) is 12.0. The summed E-state index contributed by atoms with van der Waals surface area (Å²) in [5, 5.41) is 9.29. The standard InChI is InChI=1S/C16H16N4O4S/c1-4-23-12(21)6-10-7-25-16(18-10)19-14(22)11-5-8(2)17-15-13(11)9(3)20-24-15/h5,7H,4,6H2,1-3H3,(H,18,19,22). The van der Waals surface area contributed by atoms with E-state index in [9.17, 15) is 9.59 Å². The van der Waals surface area contributed by atoms with Gasteiger partial charge in [-0.3, -0.25) is 14.9 Å². The first-order valence-corrected chi connectivity index (χ1v) is 8.51. The molecule has 25 heavy (non-hydrogen) atoms. The molecule has 0 radical (unpaired) electrons. The third kappa shape index (κ3) is 3.66. The largest absolute Gasteiger partial charge is 0.466 e. The number of hydrogen-bond acceptors (Lipinski definition) is 8. The van der Waals surface area contributed by atoms with Crippen molar-refractivity contribution >= 4 is 39.4 Å². The molecule has 0 aromatic carbocycles. The highest BCUT2D eigenvalue weighted by molar-refractivity contribution is 7.14. The maximum atomic E-state index is 12.6. The Labute approximate surface area is 147 Å². The second kappa shape index (κ2) is 6.98. The van der Waals surface area contributed by atoms with Gasteiger partial charge in [0, 0.05) is 11.1 Å². The van der Waals surface area contributed by atoms with Crippen LogP contribution >= 0.6 is 11.3 Å². The Hall–Kier alpha value is -2.81. The number of esters is 1. The van der Waals surface area contributed by atoms with Crippen molar-refractivity contribution in [1.82, 2.24) is 15.1 Å². The van der Waals surface area contributed by atoms with E-state index >= 15 is 0 Å². The normalized spacial score (nSPS) is 10.8. The first-order valence-electron chi connectivity index (χ1n) is 7.63. The number of ether oxygens (including phenoxy) is 1. The van der Waals surface area contributed by atoms with E-state index in [2.05, 4.69) is 20.4 Å². The maximum absolute atomic E-state index is 12.6. The number of nitrogens with one attached hydrogen (secondary N) is 1. The van der Waals surface area contributed by atoms with Gasteiger partial charge in [-0.15, -0.1) is 11.3 Å². The number of fused-ring (bicyclic) bond motifs is 1. The predicted octanol–water partition coefficient (Wildman–Crippen LogP) is 2.65. The van der Waals surface area contributed by atoms with Crippen LogP contribution in [0.1, 0.15) is 34.4 Å². The Morgan fingerprint density at radius 2 is 2.12 bits per heavy atom. The number of anilines is 1. The van der Waals surface area contributed by atoms with E-state index < -0.39 is 0 Å². The predicted molar refractivity (Wildman–Crippen MR) is 91.7 cm³/mol. The zero-order valence-electron chi connectivity index (χ0n) is 14.0. The molecule has 130 valence electrons. The molecule has 0 fully saturated rings. The molecule has 0 aliphatic carbocycles. The summed E-state index contributed by atoms with van der Waals surface area (Å²) in [6, 6.07) is 1.68. The van der Waals surface area contributed by atoms with Crippen LogP contribution in [-0.4, -0.2) is 33.6 Å². The summed E-state index contributed by atoms with van der Waals surface area (Å²) in [6.45, 7) is 5.59. The smallest absolute Gasteiger partial charge is 0.311 e. The van der Waals surface area contributed by atoms with Crippen molar-refractivity contribution in [3.05, 3.63) is 34.1 Å². The number of pyridine rings is 1. The van der Waals surface area contributed by atoms with Gasteiger partial charge in [-0.1, -0.05) is 5.16 Å². The molecule has 0 unspecified atom stereocenters. The molecule has 1 N–H and O–H groups in total. The van der Waals surface area contributed by atoms with Gasteiger partial charge in [0.2, 0.25) is 0 Å². The van der Waals surface area contributed by atoms with Crippen LogP contribution < -0.4 is 5.32 Å². The molecule has 9 heteroatoms. The third-order valence-corrected chi connectivity index (χ3v) is 4.20. The van der Waals surface area contributed by atoms with Gasteiger partial charge < -0.3 is 9.26 Å². The highest BCUT2D eigenvalue weighted by atomic mass is 32.1. The maximum Gasteiger partial charge on any atom is 0.311 e. The highest BCUT2D eigenvalue weighted by Gasteiger charge is 2.19. The minimum Gasteiger partial charge on any atom is -0.466 e. The van der Waals surface area contributed by atoms with Crippen LogP contribution in [-0.2, 0) is 16.0 Å². The van der Waals surface area contributed by atoms with E-state index in [0.717, 1.165) is 0 Å². The summed E-state index contributed by atoms with van der Waals surface area (Å²) in [7, 11) is 0. The summed E-state index contributed by atoms with van der Waals surface area (Å²) in [5.41, 5.74) is 2.54. The molecule has 0 saturated carbocycles. The molecule has 3 aromatic rings. The van der Waals surface area contributed by atoms with Gasteiger partial charge in [-0.2, -0.15) is 0 Å². The van der Waals surface area contributed by atoms with Crippen LogP contribution in [0.25, 0.3) is 11.1 Å². The van der Waals surface area contributed by atoms with Gasteiger partial charge in [-0.05, 0) is 26.8 Å². The highest BCUT2D eigenvalue weighted by Crippen LogP contribution is 2.24. The van der Waals surface area contributed by atoms with Crippen molar-refractivity contribution in [2.75, 3.05) is 11.9 Å². The number of carbonyl (C=O) groups excluding carboxylic acids is 2. The van der Waals surface area contributed by atoms with Gasteiger partial charge >= 0.3 is 5.97 Å². The molecule has 3 aromatic heterocycles. The molecular formula is C16H16N4O4S. The molecule has 0 saturated heterocycles. The number of rotatable bonds is 5. The number of thiazole rings is 1. The van der Waals surface area contributed by atoms with Crippen LogP contribution in [0.15, 0.2) is 16.0 Å². The fourth-order valence-electron chi connectivity index (χ4n) is 2.37. The van der Waals surface area contributed by atoms with E-state index in [1.807, 2.05) is 0 Å². The summed E-state index contributed by atoms with van der Waals surface area (Å²) in [5.74, 6) is -0.684. The summed E-state index contributed by atoms with van der Waals surface area (Å²) < 4.78 is 10.0. The molecule has 3 heterocycles. The van der Waals surface area contributed by atoms with E-state index in [1.165, 1.54) is 11.3 Å². The van der Waals surface area contributed by atoms with Crippen molar-refractivity contribution in [2.45, 2.75) is 27.2 Å². The van der Waals surface area contributed by atoms with Gasteiger partial charge in [0.05, 0.1) is 35.4 Å². The Kier molecular flexibility index (Phi) is 4.75. The fraction of sp³-hybridized carbons (Fsp3) is 0.312. The van der Waals surface area contributed by atoms with Gasteiger partial charge in [0.1, 0.15) is 0 Å². The topological polar surface area (TPSA) is 107 Å².